The van der Waals surface area contributed by atoms with Crippen molar-refractivity contribution in [3.05, 3.63) is 124 Å². The molecule has 0 unspecified atom stereocenters. The summed E-state index contributed by atoms with van der Waals surface area (Å²) in [5, 5.41) is 10.8. The molecule has 34 heavy (non-hydrogen) atoms. The SMILES string of the molecule is Cc1ccc(C(=O)C[n+]2ccc(-c3cc[n+](CC(=O)c4ccc([N+](=O)[O-])cc4)cc3)cc2)cc1. The first kappa shape index (κ1) is 22.7. The summed E-state index contributed by atoms with van der Waals surface area (Å²) in [5.74, 6) is -0.0807. The lowest BCUT2D eigenvalue weighted by Crippen LogP contribution is -2.37. The van der Waals surface area contributed by atoms with Gasteiger partial charge in [-0.1, -0.05) is 29.8 Å². The molecular formula is C27H23N3O4+2. The molecule has 7 heteroatoms. The van der Waals surface area contributed by atoms with E-state index in [0.717, 1.165) is 16.7 Å². The summed E-state index contributed by atoms with van der Waals surface area (Å²) in [6.07, 6.45) is 7.39. The summed E-state index contributed by atoms with van der Waals surface area (Å²) in [4.78, 5) is 35.2. The number of rotatable bonds is 8. The van der Waals surface area contributed by atoms with Crippen molar-refractivity contribution in [2.45, 2.75) is 20.0 Å². The highest BCUT2D eigenvalue weighted by atomic mass is 16.6. The lowest BCUT2D eigenvalue weighted by Gasteiger charge is -2.02. The van der Waals surface area contributed by atoms with Gasteiger partial charge in [-0.2, -0.15) is 9.13 Å². The molecule has 7 nitrogen and oxygen atoms in total. The zero-order chi connectivity index (χ0) is 24.1. The van der Waals surface area contributed by atoms with Crippen LogP contribution in [-0.2, 0) is 13.1 Å². The van der Waals surface area contributed by atoms with Crippen LogP contribution in [-0.4, -0.2) is 16.5 Å². The predicted octanol–water partition coefficient (Wildman–Crippen LogP) is 3.91. The third kappa shape index (κ3) is 5.45. The smallest absolute Gasteiger partial charge is 0.269 e. The number of nitro benzene ring substituents is 1. The Morgan fingerprint density at radius 3 is 1.44 bits per heavy atom. The van der Waals surface area contributed by atoms with Crippen LogP contribution in [0.25, 0.3) is 11.1 Å². The van der Waals surface area contributed by atoms with E-state index < -0.39 is 4.92 Å². The highest BCUT2D eigenvalue weighted by molar-refractivity contribution is 5.95. The number of hydrogen-bond acceptors (Lipinski definition) is 4. The second kappa shape index (κ2) is 9.95. The van der Waals surface area contributed by atoms with Crippen molar-refractivity contribution in [2.75, 3.05) is 0 Å². The van der Waals surface area contributed by atoms with Gasteiger partial charge in [0.25, 0.3) is 5.69 Å². The second-order valence-electron chi connectivity index (χ2n) is 8.03. The Labute approximate surface area is 196 Å². The van der Waals surface area contributed by atoms with E-state index in [1.165, 1.54) is 24.3 Å². The van der Waals surface area contributed by atoms with E-state index in [-0.39, 0.29) is 30.3 Å². The minimum atomic E-state index is -0.491. The summed E-state index contributed by atoms with van der Waals surface area (Å²) >= 11 is 0. The van der Waals surface area contributed by atoms with Crippen LogP contribution in [0.2, 0.25) is 0 Å². The highest BCUT2D eigenvalue weighted by Gasteiger charge is 2.15. The van der Waals surface area contributed by atoms with Gasteiger partial charge < -0.3 is 0 Å². The molecule has 0 aliphatic heterocycles. The van der Waals surface area contributed by atoms with Crippen LogP contribution in [0.4, 0.5) is 5.69 Å². The average molecular weight is 453 g/mol. The van der Waals surface area contributed by atoms with Crippen molar-refractivity contribution < 1.29 is 23.6 Å². The number of Topliss-reactive ketones (excluding diaryl/α,β-unsaturated/α-hetero) is 2. The van der Waals surface area contributed by atoms with Gasteiger partial charge in [-0.05, 0) is 30.2 Å². The summed E-state index contributed by atoms with van der Waals surface area (Å²) in [7, 11) is 0. The van der Waals surface area contributed by atoms with Crippen molar-refractivity contribution in [2.24, 2.45) is 0 Å². The first-order valence-corrected chi connectivity index (χ1v) is 10.8. The molecule has 0 bridgehead atoms. The largest absolute Gasteiger partial charge is 0.287 e. The molecule has 0 aliphatic rings. The highest BCUT2D eigenvalue weighted by Crippen LogP contribution is 2.16. The van der Waals surface area contributed by atoms with Gasteiger partial charge in [0.05, 0.1) is 4.92 Å². The molecule has 0 aliphatic carbocycles. The maximum Gasteiger partial charge on any atom is 0.269 e. The number of aromatic nitrogens is 2. The molecule has 2 heterocycles. The molecule has 2 aromatic heterocycles. The number of nitrogens with zero attached hydrogens (tertiary/aromatic N) is 3. The van der Waals surface area contributed by atoms with Gasteiger partial charge in [-0.3, -0.25) is 19.7 Å². The molecular weight excluding hydrogens is 430 g/mol. The van der Waals surface area contributed by atoms with Crippen LogP contribution < -0.4 is 9.13 Å². The Balaban J connectivity index is 1.38. The monoisotopic (exact) mass is 453 g/mol. The van der Waals surface area contributed by atoms with Gasteiger partial charge in [0.2, 0.25) is 24.7 Å². The average Bonchev–Trinajstić information content (AvgIpc) is 2.85. The Morgan fingerprint density at radius 2 is 1.06 bits per heavy atom. The maximum atomic E-state index is 12.5. The summed E-state index contributed by atoms with van der Waals surface area (Å²) in [6.45, 7) is 2.39. The van der Waals surface area contributed by atoms with Crippen LogP contribution in [0.3, 0.4) is 0 Å². The van der Waals surface area contributed by atoms with Gasteiger partial charge in [-0.25, -0.2) is 0 Å². The van der Waals surface area contributed by atoms with Crippen LogP contribution in [0.1, 0.15) is 26.3 Å². The van der Waals surface area contributed by atoms with Gasteiger partial charge in [0.15, 0.2) is 24.8 Å². The molecule has 0 saturated heterocycles. The molecule has 0 saturated carbocycles. The van der Waals surface area contributed by atoms with Gasteiger partial charge in [0, 0.05) is 47.5 Å². The Kier molecular flexibility index (Phi) is 6.64. The first-order valence-electron chi connectivity index (χ1n) is 10.8. The Hall–Kier alpha value is -4.52. The molecule has 168 valence electrons. The molecule has 0 fully saturated rings. The summed E-state index contributed by atoms with van der Waals surface area (Å²) in [6, 6.07) is 20.9. The zero-order valence-electron chi connectivity index (χ0n) is 18.6. The van der Waals surface area contributed by atoms with Gasteiger partial charge >= 0.3 is 0 Å². The molecule has 0 amide bonds. The van der Waals surface area contributed by atoms with E-state index in [1.54, 1.807) is 4.57 Å². The lowest BCUT2D eigenvalue weighted by molar-refractivity contribution is -0.683. The fraction of sp³-hybridized carbons (Fsp3) is 0.111. The van der Waals surface area contributed by atoms with Crippen molar-refractivity contribution in [1.29, 1.82) is 0 Å². The molecule has 0 atom stereocenters. The lowest BCUT2D eigenvalue weighted by atomic mass is 10.1. The van der Waals surface area contributed by atoms with Crippen molar-refractivity contribution in [1.82, 2.24) is 0 Å². The fourth-order valence-electron chi connectivity index (χ4n) is 3.53. The minimum absolute atomic E-state index is 0.0442. The van der Waals surface area contributed by atoms with Crippen LogP contribution >= 0.6 is 0 Å². The number of non-ortho nitro benzene ring substituents is 1. The molecule has 0 N–H and O–H groups in total. The van der Waals surface area contributed by atoms with E-state index in [0.29, 0.717) is 11.1 Å². The number of benzene rings is 2. The van der Waals surface area contributed by atoms with E-state index in [9.17, 15) is 19.7 Å². The molecule has 4 rings (SSSR count). The first-order chi connectivity index (χ1) is 16.4. The normalized spacial score (nSPS) is 10.6. The van der Waals surface area contributed by atoms with E-state index in [4.69, 9.17) is 0 Å². The number of pyridine rings is 2. The number of carbonyl (C=O) groups is 2. The van der Waals surface area contributed by atoms with E-state index in [1.807, 2.05) is 84.8 Å². The summed E-state index contributed by atoms with van der Waals surface area (Å²) in [5.41, 5.74) is 4.17. The topological polar surface area (TPSA) is 85.0 Å². The van der Waals surface area contributed by atoms with E-state index in [2.05, 4.69) is 0 Å². The number of aryl methyl sites for hydroxylation is 1. The quantitative estimate of drug-likeness (QED) is 0.175. The second-order valence-corrected chi connectivity index (χ2v) is 8.03. The number of hydrogen-bond donors (Lipinski definition) is 0. The Morgan fingerprint density at radius 1 is 0.676 bits per heavy atom. The van der Waals surface area contributed by atoms with Crippen molar-refractivity contribution >= 4 is 17.3 Å². The van der Waals surface area contributed by atoms with Crippen LogP contribution in [0, 0.1) is 17.0 Å². The van der Waals surface area contributed by atoms with Crippen molar-refractivity contribution in [3.63, 3.8) is 0 Å². The van der Waals surface area contributed by atoms with Gasteiger partial charge in [0.1, 0.15) is 0 Å². The van der Waals surface area contributed by atoms with Crippen LogP contribution in [0.15, 0.2) is 97.6 Å². The summed E-state index contributed by atoms with van der Waals surface area (Å²) < 4.78 is 3.61. The molecule has 4 aromatic rings. The van der Waals surface area contributed by atoms with Crippen molar-refractivity contribution in [3.8, 4) is 11.1 Å². The zero-order valence-corrected chi connectivity index (χ0v) is 18.6. The minimum Gasteiger partial charge on any atom is -0.287 e. The third-order valence-electron chi connectivity index (χ3n) is 5.54. The number of carbonyl (C=O) groups excluding carboxylic acids is 2. The molecule has 2 aromatic carbocycles. The van der Waals surface area contributed by atoms with E-state index >= 15 is 0 Å². The predicted molar refractivity (Wildman–Crippen MR) is 125 cm³/mol. The number of ketones is 2. The number of nitro groups is 1. The third-order valence-corrected chi connectivity index (χ3v) is 5.54. The van der Waals surface area contributed by atoms with Gasteiger partial charge in [-0.15, -0.1) is 0 Å². The molecule has 0 radical (unpaired) electrons. The maximum absolute atomic E-state index is 12.5. The fourth-order valence-corrected chi connectivity index (χ4v) is 3.53. The Bertz CT molecular complexity index is 1330. The van der Waals surface area contributed by atoms with Crippen LogP contribution in [0.5, 0.6) is 0 Å². The molecule has 0 spiro atoms. The standard InChI is InChI=1S/C27H23N3O4/c1-20-2-4-23(5-3-20)26(31)18-28-14-10-21(11-15-28)22-12-16-29(17-13-22)19-27(32)24-6-8-25(9-7-24)30(33)34/h2-17H,18-19H2,1H3/q+2.